The number of rotatable bonds is 7. The normalized spacial score (nSPS) is 45.0. The van der Waals surface area contributed by atoms with Gasteiger partial charge >= 0.3 is 0 Å². The van der Waals surface area contributed by atoms with Crippen LogP contribution in [0.15, 0.2) is 17.5 Å². The molecule has 33 heavy (non-hydrogen) atoms. The molecule has 0 saturated heterocycles. The molecule has 4 aliphatic carbocycles. The molecule has 1 aromatic rings. The highest BCUT2D eigenvalue weighted by Crippen LogP contribution is 2.71. The van der Waals surface area contributed by atoms with Crippen molar-refractivity contribution in [2.75, 3.05) is 13.2 Å². The van der Waals surface area contributed by atoms with Gasteiger partial charge in [-0.1, -0.05) is 6.92 Å². The Kier molecular flexibility index (Phi) is 6.34. The van der Waals surface area contributed by atoms with Gasteiger partial charge in [0.05, 0.1) is 11.7 Å². The van der Waals surface area contributed by atoms with Crippen molar-refractivity contribution in [2.24, 2.45) is 45.3 Å². The van der Waals surface area contributed by atoms with Crippen LogP contribution in [0.4, 0.5) is 0 Å². The topological polar surface area (TPSA) is 123 Å². The summed E-state index contributed by atoms with van der Waals surface area (Å²) >= 11 is 0. The maximum absolute atomic E-state index is 12.6. The van der Waals surface area contributed by atoms with Gasteiger partial charge in [-0.3, -0.25) is 0 Å². The lowest BCUT2D eigenvalue weighted by Crippen LogP contribution is -2.63. The second-order valence-corrected chi connectivity index (χ2v) is 11.6. The number of aromatic amines is 1. The standard InChI is InChI=1S/C26H43N5O2/c1-24-8-5-19(33-16-2-12-27)17-18(24)3-4-21-20(24)6-9-25(11-13-31-28)22(7-10-26(21,25)32)23-29-14-15-30-23/h13-15,18-22,32H,2-12,16-17,27-28H2,1H3,(H,29,30)/b31-13+/t18-,19+,20+,21-,22-,24+,25+,26+/m1/s1. The fraction of sp³-hybridized carbons (Fsp3) is 0.846. The number of nitrogens with two attached hydrogens (primary N) is 2. The fourth-order valence-electron chi connectivity index (χ4n) is 9.00. The van der Waals surface area contributed by atoms with Crippen LogP contribution in [-0.4, -0.2) is 46.1 Å². The Balaban J connectivity index is 1.40. The highest BCUT2D eigenvalue weighted by molar-refractivity contribution is 5.59. The number of imidazole rings is 1. The maximum Gasteiger partial charge on any atom is 0.109 e. The van der Waals surface area contributed by atoms with E-state index in [4.69, 9.17) is 16.3 Å². The molecule has 1 aromatic heterocycles. The third-order valence-electron chi connectivity index (χ3n) is 10.6. The average Bonchev–Trinajstić information content (AvgIpc) is 3.44. The summed E-state index contributed by atoms with van der Waals surface area (Å²) in [6.07, 6.45) is 17.5. The minimum atomic E-state index is -0.684. The van der Waals surface area contributed by atoms with Crippen LogP contribution in [0.25, 0.3) is 0 Å². The number of nitrogens with zero attached hydrogens (tertiary/aromatic N) is 2. The van der Waals surface area contributed by atoms with Crippen molar-refractivity contribution in [3.63, 3.8) is 0 Å². The average molecular weight is 458 g/mol. The Morgan fingerprint density at radius 2 is 2.09 bits per heavy atom. The van der Waals surface area contributed by atoms with E-state index in [2.05, 4.69) is 22.0 Å². The number of nitrogens with one attached hydrogen (secondary N) is 1. The molecule has 0 amide bonds. The van der Waals surface area contributed by atoms with Crippen molar-refractivity contribution in [2.45, 2.75) is 95.2 Å². The fourth-order valence-corrected chi connectivity index (χ4v) is 9.00. The van der Waals surface area contributed by atoms with Gasteiger partial charge < -0.3 is 26.4 Å². The van der Waals surface area contributed by atoms with E-state index in [9.17, 15) is 5.11 Å². The SMILES string of the molecule is C[C@]12CC[C@H](OCCCN)C[C@H]1CC[C@@H]1[C@@H]2CC[C@]2(C/C=N/N)[C@@H](c3ncc[nH]3)CC[C@]12O. The summed E-state index contributed by atoms with van der Waals surface area (Å²) in [4.78, 5) is 7.99. The minimum Gasteiger partial charge on any atom is -0.389 e. The highest BCUT2D eigenvalue weighted by Gasteiger charge is 2.69. The first-order valence-corrected chi connectivity index (χ1v) is 13.2. The van der Waals surface area contributed by atoms with Gasteiger partial charge in [0.1, 0.15) is 5.82 Å². The molecule has 4 aliphatic rings. The third kappa shape index (κ3) is 3.57. The van der Waals surface area contributed by atoms with Crippen LogP contribution >= 0.6 is 0 Å². The Labute approximate surface area is 198 Å². The molecule has 184 valence electrons. The van der Waals surface area contributed by atoms with Gasteiger partial charge in [-0.2, -0.15) is 5.10 Å². The van der Waals surface area contributed by atoms with Crippen LogP contribution in [-0.2, 0) is 4.74 Å². The van der Waals surface area contributed by atoms with Crippen molar-refractivity contribution in [1.82, 2.24) is 9.97 Å². The second kappa shape index (κ2) is 8.97. The first-order chi connectivity index (χ1) is 16.0. The van der Waals surface area contributed by atoms with Crippen molar-refractivity contribution >= 4 is 6.21 Å². The van der Waals surface area contributed by atoms with Crippen LogP contribution < -0.4 is 11.6 Å². The highest BCUT2D eigenvalue weighted by atomic mass is 16.5. The van der Waals surface area contributed by atoms with E-state index >= 15 is 0 Å². The molecule has 4 fully saturated rings. The smallest absolute Gasteiger partial charge is 0.109 e. The lowest BCUT2D eigenvalue weighted by molar-refractivity contribution is -0.210. The predicted octanol–water partition coefficient (Wildman–Crippen LogP) is 3.70. The van der Waals surface area contributed by atoms with E-state index < -0.39 is 5.60 Å². The molecular formula is C26H43N5O2. The molecule has 1 heterocycles. The molecule has 5 rings (SSSR count). The number of H-pyrrole nitrogens is 1. The zero-order valence-electron chi connectivity index (χ0n) is 20.2. The number of ether oxygens (including phenoxy) is 1. The van der Waals surface area contributed by atoms with Gasteiger partial charge in [0, 0.05) is 36.5 Å². The zero-order chi connectivity index (χ0) is 23.1. The molecule has 8 atom stereocenters. The molecule has 0 bridgehead atoms. The molecule has 0 aromatic carbocycles. The summed E-state index contributed by atoms with van der Waals surface area (Å²) in [5, 5.41) is 16.4. The van der Waals surface area contributed by atoms with Crippen molar-refractivity contribution in [3.8, 4) is 0 Å². The van der Waals surface area contributed by atoms with Gasteiger partial charge in [-0.15, -0.1) is 0 Å². The summed E-state index contributed by atoms with van der Waals surface area (Å²) in [5.74, 6) is 8.43. The maximum atomic E-state index is 12.6. The number of hydrazone groups is 1. The zero-order valence-corrected chi connectivity index (χ0v) is 20.2. The van der Waals surface area contributed by atoms with E-state index in [0.29, 0.717) is 35.8 Å². The lowest BCUT2D eigenvalue weighted by Gasteiger charge is -2.64. The van der Waals surface area contributed by atoms with E-state index in [0.717, 1.165) is 57.4 Å². The Morgan fingerprint density at radius 3 is 2.85 bits per heavy atom. The van der Waals surface area contributed by atoms with Crippen LogP contribution in [0.5, 0.6) is 0 Å². The van der Waals surface area contributed by atoms with Crippen LogP contribution in [0, 0.1) is 28.6 Å². The first kappa shape index (κ1) is 23.3. The summed E-state index contributed by atoms with van der Waals surface area (Å²) < 4.78 is 6.19. The van der Waals surface area contributed by atoms with Gasteiger partial charge in [-0.05, 0) is 100 Å². The molecular weight excluding hydrogens is 414 g/mol. The Morgan fingerprint density at radius 1 is 1.21 bits per heavy atom. The van der Waals surface area contributed by atoms with Gasteiger partial charge in [0.15, 0.2) is 0 Å². The number of fused-ring (bicyclic) bond motifs is 5. The number of hydrogen-bond donors (Lipinski definition) is 4. The third-order valence-corrected chi connectivity index (χ3v) is 10.6. The summed E-state index contributed by atoms with van der Waals surface area (Å²) in [6, 6.07) is 0. The van der Waals surface area contributed by atoms with Gasteiger partial charge in [0.2, 0.25) is 0 Å². The molecule has 6 N–H and O–H groups in total. The molecule has 0 aliphatic heterocycles. The summed E-state index contributed by atoms with van der Waals surface area (Å²) in [5.41, 5.74) is 5.03. The Hall–Kier alpha value is -1.44. The van der Waals surface area contributed by atoms with Crippen LogP contribution in [0.3, 0.4) is 0 Å². The number of aliphatic hydroxyl groups is 1. The molecule has 0 spiro atoms. The van der Waals surface area contributed by atoms with Gasteiger partial charge in [0.25, 0.3) is 0 Å². The quantitative estimate of drug-likeness (QED) is 0.215. The largest absolute Gasteiger partial charge is 0.389 e. The predicted molar refractivity (Wildman–Crippen MR) is 130 cm³/mol. The molecule has 0 unspecified atom stereocenters. The van der Waals surface area contributed by atoms with E-state index in [1.807, 2.05) is 18.6 Å². The second-order valence-electron chi connectivity index (χ2n) is 11.6. The summed E-state index contributed by atoms with van der Waals surface area (Å²) in [7, 11) is 0. The van der Waals surface area contributed by atoms with Crippen LogP contribution in [0.2, 0.25) is 0 Å². The monoisotopic (exact) mass is 457 g/mol. The summed E-state index contributed by atoms with van der Waals surface area (Å²) in [6.45, 7) is 4.02. The minimum absolute atomic E-state index is 0.230. The number of hydrogen-bond acceptors (Lipinski definition) is 6. The molecule has 0 radical (unpaired) electrons. The number of aromatic nitrogens is 2. The van der Waals surface area contributed by atoms with E-state index in [1.165, 1.54) is 25.7 Å². The lowest BCUT2D eigenvalue weighted by atomic mass is 9.42. The molecule has 7 heteroatoms. The van der Waals surface area contributed by atoms with Gasteiger partial charge in [-0.25, -0.2) is 4.98 Å². The first-order valence-electron chi connectivity index (χ1n) is 13.2. The van der Waals surface area contributed by atoms with E-state index in [1.54, 1.807) is 0 Å². The molecule has 4 saturated carbocycles. The van der Waals surface area contributed by atoms with E-state index in [-0.39, 0.29) is 11.3 Å². The van der Waals surface area contributed by atoms with Crippen LogP contribution in [0.1, 0.15) is 89.3 Å². The van der Waals surface area contributed by atoms with Crippen molar-refractivity contribution < 1.29 is 9.84 Å². The Bertz CT molecular complexity index is 831. The van der Waals surface area contributed by atoms with Crippen molar-refractivity contribution in [1.29, 1.82) is 0 Å². The molecule has 7 nitrogen and oxygen atoms in total. The van der Waals surface area contributed by atoms with Crippen molar-refractivity contribution in [3.05, 3.63) is 18.2 Å².